The Balaban J connectivity index is 2.11. The lowest BCUT2D eigenvalue weighted by molar-refractivity contribution is 0.601. The van der Waals surface area contributed by atoms with Gasteiger partial charge in [0.2, 0.25) is 0 Å². The van der Waals surface area contributed by atoms with Gasteiger partial charge in [0.05, 0.1) is 10.7 Å². The quantitative estimate of drug-likeness (QED) is 0.684. The van der Waals surface area contributed by atoms with Gasteiger partial charge in [0, 0.05) is 18.4 Å². The Morgan fingerprint density at radius 2 is 2.05 bits per heavy atom. The molecule has 0 bridgehead atoms. The molecular weight excluding hydrogens is 310 g/mol. The normalized spacial score (nSPS) is 11.5. The van der Waals surface area contributed by atoms with E-state index in [0.717, 1.165) is 18.7 Å². The van der Waals surface area contributed by atoms with E-state index >= 15 is 0 Å². The lowest BCUT2D eigenvalue weighted by Crippen LogP contribution is -2.14. The number of hydrogen-bond donors (Lipinski definition) is 3. The van der Waals surface area contributed by atoms with Crippen molar-refractivity contribution in [3.8, 4) is 0 Å². The molecule has 1 aromatic heterocycles. The number of benzene rings is 1. The lowest BCUT2D eigenvalue weighted by atomic mass is 10.3. The molecule has 0 amide bonds. The van der Waals surface area contributed by atoms with Crippen LogP contribution in [-0.4, -0.2) is 19.9 Å². The van der Waals surface area contributed by atoms with Crippen molar-refractivity contribution in [2.45, 2.75) is 24.8 Å². The van der Waals surface area contributed by atoms with Crippen LogP contribution >= 0.6 is 11.6 Å². The zero-order valence-corrected chi connectivity index (χ0v) is 13.3. The van der Waals surface area contributed by atoms with Crippen molar-refractivity contribution in [2.75, 3.05) is 11.3 Å². The van der Waals surface area contributed by atoms with Crippen molar-refractivity contribution in [2.24, 2.45) is 0 Å². The highest BCUT2D eigenvalue weighted by Crippen LogP contribution is 2.24. The van der Waals surface area contributed by atoms with Crippen LogP contribution in [0.15, 0.2) is 41.4 Å². The Labute approximate surface area is 129 Å². The van der Waals surface area contributed by atoms with Gasteiger partial charge in [-0.1, -0.05) is 30.7 Å². The Morgan fingerprint density at radius 3 is 2.76 bits per heavy atom. The van der Waals surface area contributed by atoms with Crippen LogP contribution in [0.1, 0.15) is 19.0 Å². The molecule has 0 saturated heterocycles. The second kappa shape index (κ2) is 6.98. The monoisotopic (exact) mass is 327 g/mol. The molecule has 21 heavy (non-hydrogen) atoms. The fourth-order valence-electron chi connectivity index (χ4n) is 1.82. The number of aromatic nitrogens is 1. The van der Waals surface area contributed by atoms with E-state index in [9.17, 15) is 8.42 Å². The predicted octanol–water partition coefficient (Wildman–Crippen LogP) is 2.97. The Morgan fingerprint density at radius 1 is 1.29 bits per heavy atom. The SMILES string of the molecule is CCCNCc1cc(S(=O)(=O)Nc2ccccc2Cl)c[nH]1. The molecule has 114 valence electrons. The molecule has 0 unspecified atom stereocenters. The first-order valence-corrected chi connectivity index (χ1v) is 8.54. The van der Waals surface area contributed by atoms with Crippen LogP contribution in [0.4, 0.5) is 5.69 Å². The maximum Gasteiger partial charge on any atom is 0.263 e. The van der Waals surface area contributed by atoms with Gasteiger partial charge in [0.25, 0.3) is 10.0 Å². The zero-order valence-electron chi connectivity index (χ0n) is 11.7. The maximum absolute atomic E-state index is 12.3. The molecule has 0 aliphatic carbocycles. The molecule has 0 spiro atoms. The minimum atomic E-state index is -3.64. The van der Waals surface area contributed by atoms with Gasteiger partial charge >= 0.3 is 0 Å². The van der Waals surface area contributed by atoms with E-state index < -0.39 is 10.0 Å². The first kappa shape index (κ1) is 15.9. The number of H-pyrrole nitrogens is 1. The van der Waals surface area contributed by atoms with Gasteiger partial charge < -0.3 is 10.3 Å². The summed E-state index contributed by atoms with van der Waals surface area (Å²) in [5.41, 5.74) is 1.19. The van der Waals surface area contributed by atoms with Gasteiger partial charge in [0.1, 0.15) is 4.90 Å². The first-order chi connectivity index (χ1) is 10.0. The van der Waals surface area contributed by atoms with Crippen LogP contribution in [0.25, 0.3) is 0 Å². The van der Waals surface area contributed by atoms with Crippen molar-refractivity contribution in [1.29, 1.82) is 0 Å². The largest absolute Gasteiger partial charge is 0.363 e. The van der Waals surface area contributed by atoms with Gasteiger partial charge in [-0.05, 0) is 31.2 Å². The molecule has 2 aromatic rings. The van der Waals surface area contributed by atoms with Gasteiger partial charge in [-0.3, -0.25) is 4.72 Å². The van der Waals surface area contributed by atoms with Crippen LogP contribution in [0.3, 0.4) is 0 Å². The van der Waals surface area contributed by atoms with Crippen molar-refractivity contribution in [3.63, 3.8) is 0 Å². The molecule has 0 radical (unpaired) electrons. The van der Waals surface area contributed by atoms with Gasteiger partial charge in [-0.15, -0.1) is 0 Å². The third-order valence-corrected chi connectivity index (χ3v) is 4.56. The summed E-state index contributed by atoms with van der Waals surface area (Å²) in [6.45, 7) is 3.57. The van der Waals surface area contributed by atoms with Gasteiger partial charge in [0.15, 0.2) is 0 Å². The highest BCUT2D eigenvalue weighted by Gasteiger charge is 2.17. The topological polar surface area (TPSA) is 74.0 Å². The highest BCUT2D eigenvalue weighted by molar-refractivity contribution is 7.92. The number of hydrogen-bond acceptors (Lipinski definition) is 3. The lowest BCUT2D eigenvalue weighted by Gasteiger charge is -2.07. The number of halogens is 1. The number of sulfonamides is 1. The standard InChI is InChI=1S/C14H18ClN3O2S/c1-2-7-16-9-11-8-12(10-17-11)21(19,20)18-14-6-4-3-5-13(14)15/h3-6,8,10,16-18H,2,7,9H2,1H3. The summed E-state index contributed by atoms with van der Waals surface area (Å²) in [4.78, 5) is 3.15. The summed E-state index contributed by atoms with van der Waals surface area (Å²) in [5, 5.41) is 3.57. The van der Waals surface area contributed by atoms with E-state index in [-0.39, 0.29) is 4.90 Å². The van der Waals surface area contributed by atoms with Crippen molar-refractivity contribution in [1.82, 2.24) is 10.3 Å². The molecule has 1 heterocycles. The van der Waals surface area contributed by atoms with E-state index in [0.29, 0.717) is 17.3 Å². The molecule has 0 saturated carbocycles. The van der Waals surface area contributed by atoms with E-state index in [1.807, 2.05) is 0 Å². The molecule has 2 rings (SSSR count). The van der Waals surface area contributed by atoms with Gasteiger partial charge in [-0.25, -0.2) is 8.42 Å². The summed E-state index contributed by atoms with van der Waals surface area (Å²) in [5.74, 6) is 0. The third-order valence-electron chi connectivity index (χ3n) is 2.89. The Bertz CT molecular complexity index is 698. The highest BCUT2D eigenvalue weighted by atomic mass is 35.5. The fourth-order valence-corrected chi connectivity index (χ4v) is 3.16. The summed E-state index contributed by atoms with van der Waals surface area (Å²) in [7, 11) is -3.64. The molecule has 5 nitrogen and oxygen atoms in total. The molecular formula is C14H18ClN3O2S. The number of nitrogens with one attached hydrogen (secondary N) is 3. The molecule has 0 aliphatic rings. The first-order valence-electron chi connectivity index (χ1n) is 6.68. The summed E-state index contributed by atoms with van der Waals surface area (Å²) >= 11 is 5.96. The molecule has 0 atom stereocenters. The Kier molecular flexibility index (Phi) is 5.27. The summed E-state index contributed by atoms with van der Waals surface area (Å²) in [6, 6.07) is 8.34. The average molecular weight is 328 g/mol. The van der Waals surface area contributed by atoms with Crippen molar-refractivity contribution >= 4 is 27.3 Å². The molecule has 0 aliphatic heterocycles. The minimum Gasteiger partial charge on any atom is -0.363 e. The van der Waals surface area contributed by atoms with Crippen LogP contribution in [0.2, 0.25) is 5.02 Å². The van der Waals surface area contributed by atoms with Crippen molar-refractivity contribution in [3.05, 3.63) is 47.2 Å². The van der Waals surface area contributed by atoms with Crippen LogP contribution in [0.5, 0.6) is 0 Å². The molecule has 0 fully saturated rings. The third kappa shape index (κ3) is 4.23. The second-order valence-corrected chi connectivity index (χ2v) is 6.71. The fraction of sp³-hybridized carbons (Fsp3) is 0.286. The number of rotatable bonds is 7. The number of anilines is 1. The number of aromatic amines is 1. The van der Waals surface area contributed by atoms with Crippen LogP contribution < -0.4 is 10.0 Å². The van der Waals surface area contributed by atoms with Gasteiger partial charge in [-0.2, -0.15) is 0 Å². The van der Waals surface area contributed by atoms with E-state index in [4.69, 9.17) is 11.6 Å². The second-order valence-electron chi connectivity index (χ2n) is 4.62. The predicted molar refractivity (Wildman–Crippen MR) is 85.1 cm³/mol. The number of para-hydroxylation sites is 1. The Hall–Kier alpha value is -1.50. The van der Waals surface area contributed by atoms with E-state index in [1.54, 1.807) is 30.3 Å². The smallest absolute Gasteiger partial charge is 0.263 e. The average Bonchev–Trinajstić information content (AvgIpc) is 2.91. The molecule has 7 heteroatoms. The summed E-state index contributed by atoms with van der Waals surface area (Å²) in [6.07, 6.45) is 2.50. The molecule has 3 N–H and O–H groups in total. The maximum atomic E-state index is 12.3. The van der Waals surface area contributed by atoms with Crippen molar-refractivity contribution < 1.29 is 8.42 Å². The zero-order chi connectivity index (χ0) is 15.3. The van der Waals surface area contributed by atoms with Crippen LogP contribution in [-0.2, 0) is 16.6 Å². The van der Waals surface area contributed by atoms with E-state index in [2.05, 4.69) is 21.9 Å². The molecule has 1 aromatic carbocycles. The van der Waals surface area contributed by atoms with Crippen LogP contribution in [0, 0.1) is 0 Å². The summed E-state index contributed by atoms with van der Waals surface area (Å²) < 4.78 is 27.1. The minimum absolute atomic E-state index is 0.190. The van der Waals surface area contributed by atoms with E-state index in [1.165, 1.54) is 6.20 Å².